The molecular weight excluding hydrogens is 207 g/mol. The van der Waals surface area contributed by atoms with Crippen molar-refractivity contribution in [3.05, 3.63) is 36.3 Å². The van der Waals surface area contributed by atoms with Crippen LogP contribution in [0.15, 0.2) is 30.7 Å². The quantitative estimate of drug-likeness (QED) is 0.790. The van der Waals surface area contributed by atoms with Gasteiger partial charge in [0, 0.05) is 18.0 Å². The Morgan fingerprint density at radius 1 is 1.27 bits per heavy atom. The van der Waals surface area contributed by atoms with E-state index in [9.17, 15) is 13.2 Å². The van der Waals surface area contributed by atoms with Crippen LogP contribution < -0.4 is 0 Å². The van der Waals surface area contributed by atoms with Gasteiger partial charge in [0.2, 0.25) is 0 Å². The molecule has 2 aromatic rings. The molecule has 2 aromatic heterocycles. The summed E-state index contributed by atoms with van der Waals surface area (Å²) in [6.07, 6.45) is -0.308. The Morgan fingerprint density at radius 2 is 2.07 bits per heavy atom. The van der Waals surface area contributed by atoms with Gasteiger partial charge in [0.25, 0.3) is 0 Å². The Hall–Kier alpha value is -1.85. The molecule has 0 spiro atoms. The highest BCUT2D eigenvalue weighted by molar-refractivity contribution is 5.57. The van der Waals surface area contributed by atoms with E-state index in [2.05, 4.69) is 15.2 Å². The van der Waals surface area contributed by atoms with E-state index in [-0.39, 0.29) is 5.69 Å². The molecule has 0 radical (unpaired) electrons. The van der Waals surface area contributed by atoms with Crippen LogP contribution in [0, 0.1) is 0 Å². The van der Waals surface area contributed by atoms with Gasteiger partial charge in [-0.3, -0.25) is 10.1 Å². The van der Waals surface area contributed by atoms with Crippen molar-refractivity contribution in [2.45, 2.75) is 6.18 Å². The van der Waals surface area contributed by atoms with E-state index in [1.807, 2.05) is 0 Å². The first-order valence-corrected chi connectivity index (χ1v) is 4.10. The number of hydrogen-bond donors (Lipinski definition) is 1. The molecule has 3 nitrogen and oxygen atoms in total. The van der Waals surface area contributed by atoms with Crippen LogP contribution in [-0.4, -0.2) is 15.2 Å². The summed E-state index contributed by atoms with van der Waals surface area (Å²) in [4.78, 5) is 3.84. The number of alkyl halides is 3. The van der Waals surface area contributed by atoms with Gasteiger partial charge in [0.15, 0.2) is 0 Å². The minimum absolute atomic E-state index is 0.249. The maximum atomic E-state index is 12.4. The fourth-order valence-electron chi connectivity index (χ4n) is 1.16. The zero-order valence-electron chi connectivity index (χ0n) is 7.42. The average molecular weight is 213 g/mol. The van der Waals surface area contributed by atoms with E-state index in [1.54, 1.807) is 0 Å². The molecule has 2 rings (SSSR count). The zero-order valence-corrected chi connectivity index (χ0v) is 7.42. The summed E-state index contributed by atoms with van der Waals surface area (Å²) in [6.45, 7) is 0. The molecule has 78 valence electrons. The Morgan fingerprint density at radius 3 is 2.67 bits per heavy atom. The van der Waals surface area contributed by atoms with Crippen LogP contribution in [0.3, 0.4) is 0 Å². The molecule has 2 heterocycles. The number of halogens is 3. The summed E-state index contributed by atoms with van der Waals surface area (Å²) >= 11 is 0. The van der Waals surface area contributed by atoms with Crippen LogP contribution in [0.4, 0.5) is 13.2 Å². The van der Waals surface area contributed by atoms with Gasteiger partial charge in [-0.15, -0.1) is 0 Å². The first kappa shape index (κ1) is 9.70. The smallest absolute Gasteiger partial charge is 0.285 e. The Kier molecular flexibility index (Phi) is 2.18. The summed E-state index contributed by atoms with van der Waals surface area (Å²) in [5, 5.41) is 6.16. The summed E-state index contributed by atoms with van der Waals surface area (Å²) in [5.41, 5.74) is 0.0633. The topological polar surface area (TPSA) is 41.6 Å². The molecule has 0 fully saturated rings. The van der Waals surface area contributed by atoms with Crippen LogP contribution in [0.2, 0.25) is 0 Å². The van der Waals surface area contributed by atoms with E-state index in [0.29, 0.717) is 5.56 Å². The highest BCUT2D eigenvalue weighted by Crippen LogP contribution is 2.30. The Balaban J connectivity index is 2.44. The highest BCUT2D eigenvalue weighted by Gasteiger charge is 2.30. The number of rotatable bonds is 1. The predicted molar refractivity (Wildman–Crippen MR) is 46.8 cm³/mol. The summed E-state index contributed by atoms with van der Waals surface area (Å²) in [5.74, 6) is 0. The molecule has 0 saturated carbocycles. The first-order valence-electron chi connectivity index (χ1n) is 4.10. The van der Waals surface area contributed by atoms with Crippen molar-refractivity contribution in [3.8, 4) is 11.3 Å². The van der Waals surface area contributed by atoms with Crippen molar-refractivity contribution in [2.24, 2.45) is 0 Å². The molecule has 0 aliphatic carbocycles. The van der Waals surface area contributed by atoms with Gasteiger partial charge in [-0.05, 0) is 12.1 Å². The summed E-state index contributed by atoms with van der Waals surface area (Å²) in [7, 11) is 0. The minimum Gasteiger partial charge on any atom is -0.285 e. The number of pyridine rings is 1. The largest absolute Gasteiger partial charge is 0.416 e. The van der Waals surface area contributed by atoms with Crippen LogP contribution in [0.25, 0.3) is 11.3 Å². The lowest BCUT2D eigenvalue weighted by Gasteiger charge is -2.06. The number of H-pyrrole nitrogens is 1. The lowest BCUT2D eigenvalue weighted by atomic mass is 10.1. The molecule has 15 heavy (non-hydrogen) atoms. The molecule has 1 N–H and O–H groups in total. The van der Waals surface area contributed by atoms with Crippen LogP contribution >= 0.6 is 0 Å². The first-order chi connectivity index (χ1) is 7.07. The van der Waals surface area contributed by atoms with Gasteiger partial charge < -0.3 is 0 Å². The third kappa shape index (κ3) is 1.98. The van der Waals surface area contributed by atoms with Crippen molar-refractivity contribution in [2.75, 3.05) is 0 Å². The standard InChI is InChI=1S/C9H6F3N3/c10-9(11,12)7-1-2-13-8(3-7)6-4-14-15-5-6/h1-5H,(H,14,15). The normalized spacial score (nSPS) is 11.7. The van der Waals surface area contributed by atoms with Gasteiger partial charge >= 0.3 is 6.18 Å². The third-order valence-corrected chi connectivity index (χ3v) is 1.88. The van der Waals surface area contributed by atoms with Gasteiger partial charge in [-0.1, -0.05) is 0 Å². The third-order valence-electron chi connectivity index (χ3n) is 1.88. The second kappa shape index (κ2) is 3.38. The average Bonchev–Trinajstić information content (AvgIpc) is 2.69. The lowest BCUT2D eigenvalue weighted by Crippen LogP contribution is -2.05. The second-order valence-corrected chi connectivity index (χ2v) is 2.91. The molecule has 6 heteroatoms. The van der Waals surface area contributed by atoms with Gasteiger partial charge in [0.05, 0.1) is 17.5 Å². The molecule has 0 amide bonds. The van der Waals surface area contributed by atoms with Crippen molar-refractivity contribution in [1.82, 2.24) is 15.2 Å². The maximum absolute atomic E-state index is 12.4. The van der Waals surface area contributed by atoms with E-state index >= 15 is 0 Å². The molecule has 0 saturated heterocycles. The van der Waals surface area contributed by atoms with Gasteiger partial charge in [-0.2, -0.15) is 18.3 Å². The molecular formula is C9H6F3N3. The van der Waals surface area contributed by atoms with E-state index in [4.69, 9.17) is 0 Å². The molecule has 0 aliphatic rings. The molecule has 0 aromatic carbocycles. The monoisotopic (exact) mass is 213 g/mol. The molecule has 0 unspecified atom stereocenters. The fraction of sp³-hybridized carbons (Fsp3) is 0.111. The summed E-state index contributed by atoms with van der Waals surface area (Å²) in [6, 6.07) is 1.93. The van der Waals surface area contributed by atoms with E-state index in [1.165, 1.54) is 12.4 Å². The number of nitrogens with zero attached hydrogens (tertiary/aromatic N) is 2. The SMILES string of the molecule is FC(F)(F)c1ccnc(-c2cn[nH]c2)c1. The van der Waals surface area contributed by atoms with E-state index in [0.717, 1.165) is 18.3 Å². The number of hydrogen-bond acceptors (Lipinski definition) is 2. The highest BCUT2D eigenvalue weighted by atomic mass is 19.4. The minimum atomic E-state index is -4.35. The van der Waals surface area contributed by atoms with Crippen molar-refractivity contribution in [3.63, 3.8) is 0 Å². The summed E-state index contributed by atoms with van der Waals surface area (Å²) < 4.78 is 37.1. The Bertz CT molecular complexity index is 448. The van der Waals surface area contributed by atoms with Crippen LogP contribution in [0.5, 0.6) is 0 Å². The number of aromatic nitrogens is 3. The van der Waals surface area contributed by atoms with Crippen molar-refractivity contribution in [1.29, 1.82) is 0 Å². The number of nitrogens with one attached hydrogen (secondary N) is 1. The van der Waals surface area contributed by atoms with Crippen molar-refractivity contribution < 1.29 is 13.2 Å². The number of aromatic amines is 1. The maximum Gasteiger partial charge on any atom is 0.416 e. The van der Waals surface area contributed by atoms with Gasteiger partial charge in [0.1, 0.15) is 0 Å². The molecule has 0 atom stereocenters. The fourth-order valence-corrected chi connectivity index (χ4v) is 1.16. The van der Waals surface area contributed by atoms with E-state index < -0.39 is 11.7 Å². The molecule has 0 aliphatic heterocycles. The molecule has 0 bridgehead atoms. The second-order valence-electron chi connectivity index (χ2n) is 2.91. The zero-order chi connectivity index (χ0) is 10.9. The van der Waals surface area contributed by atoms with Gasteiger partial charge in [-0.25, -0.2) is 0 Å². The van der Waals surface area contributed by atoms with Crippen molar-refractivity contribution >= 4 is 0 Å². The van der Waals surface area contributed by atoms with Crippen LogP contribution in [0.1, 0.15) is 5.56 Å². The predicted octanol–water partition coefficient (Wildman–Crippen LogP) is 2.49. The lowest BCUT2D eigenvalue weighted by molar-refractivity contribution is -0.137. The van der Waals surface area contributed by atoms with Crippen LogP contribution in [-0.2, 0) is 6.18 Å². The Labute approximate surface area is 83.0 Å².